The van der Waals surface area contributed by atoms with Crippen LogP contribution in [0.2, 0.25) is 0 Å². The highest BCUT2D eigenvalue weighted by Crippen LogP contribution is 2.17. The number of rotatable bonds is 5. The lowest BCUT2D eigenvalue weighted by Gasteiger charge is -2.05. The molecule has 0 aliphatic rings. The van der Waals surface area contributed by atoms with Gasteiger partial charge in [0.05, 0.1) is 17.4 Å². The fraction of sp³-hybridized carbons (Fsp3) is 0.375. The topological polar surface area (TPSA) is 141 Å². The average molecular weight is 242 g/mol. The molecule has 0 aromatic carbocycles. The smallest absolute Gasteiger partial charge is 0.363 e. The standard InChI is InChI=1S/C8H10N4O5/c1-4(7(9)13)2-11-3-5(12(16)17)6(10-11)8(14)15/h3-4H,2H2,1H3,(H2,9,13)(H,14,15). The average Bonchev–Trinajstić information content (AvgIpc) is 2.61. The molecule has 1 amide bonds. The Kier molecular flexibility index (Phi) is 3.41. The number of nitro groups is 1. The minimum absolute atomic E-state index is 0.0105. The second-order valence-electron chi connectivity index (χ2n) is 3.45. The molecule has 1 rings (SSSR count). The molecule has 0 radical (unpaired) electrons. The molecule has 3 N–H and O–H groups in total. The molecule has 17 heavy (non-hydrogen) atoms. The summed E-state index contributed by atoms with van der Waals surface area (Å²) in [5, 5.41) is 22.8. The normalized spacial score (nSPS) is 12.1. The highest BCUT2D eigenvalue weighted by atomic mass is 16.6. The first kappa shape index (κ1) is 12.6. The van der Waals surface area contributed by atoms with Crippen LogP contribution in [-0.2, 0) is 11.3 Å². The Morgan fingerprint density at radius 1 is 1.71 bits per heavy atom. The van der Waals surface area contributed by atoms with Crippen molar-refractivity contribution in [3.8, 4) is 0 Å². The molecule has 0 aliphatic carbocycles. The number of aromatic nitrogens is 2. The van der Waals surface area contributed by atoms with E-state index >= 15 is 0 Å². The van der Waals surface area contributed by atoms with E-state index in [4.69, 9.17) is 10.8 Å². The van der Waals surface area contributed by atoms with E-state index in [-0.39, 0.29) is 6.54 Å². The molecule has 1 heterocycles. The van der Waals surface area contributed by atoms with Gasteiger partial charge < -0.3 is 10.8 Å². The van der Waals surface area contributed by atoms with E-state index < -0.39 is 34.1 Å². The zero-order chi connectivity index (χ0) is 13.2. The minimum atomic E-state index is -1.50. The molecule has 92 valence electrons. The van der Waals surface area contributed by atoms with Crippen LogP contribution in [0.3, 0.4) is 0 Å². The highest BCUT2D eigenvalue weighted by Gasteiger charge is 2.25. The maximum Gasteiger partial charge on any atom is 0.363 e. The molecule has 0 saturated heterocycles. The Hall–Kier alpha value is -2.45. The lowest BCUT2D eigenvalue weighted by molar-refractivity contribution is -0.385. The molecule has 0 bridgehead atoms. The van der Waals surface area contributed by atoms with Crippen LogP contribution in [0.1, 0.15) is 17.4 Å². The summed E-state index contributed by atoms with van der Waals surface area (Å²) in [6.45, 7) is 1.50. The van der Waals surface area contributed by atoms with Crippen molar-refractivity contribution in [2.24, 2.45) is 11.7 Å². The first-order chi connectivity index (χ1) is 7.82. The van der Waals surface area contributed by atoms with Crippen LogP contribution in [0, 0.1) is 16.0 Å². The fourth-order valence-corrected chi connectivity index (χ4v) is 1.16. The predicted molar refractivity (Wildman–Crippen MR) is 54.2 cm³/mol. The SMILES string of the molecule is CC(Cn1cc([N+](=O)[O-])c(C(=O)O)n1)C(N)=O. The Balaban J connectivity index is 3.04. The molecule has 9 heteroatoms. The van der Waals surface area contributed by atoms with E-state index in [9.17, 15) is 19.7 Å². The maximum absolute atomic E-state index is 10.8. The summed E-state index contributed by atoms with van der Waals surface area (Å²) in [5.74, 6) is -2.70. The summed E-state index contributed by atoms with van der Waals surface area (Å²) in [6.07, 6.45) is 0.961. The van der Waals surface area contributed by atoms with Crippen LogP contribution >= 0.6 is 0 Å². The largest absolute Gasteiger partial charge is 0.476 e. The summed E-state index contributed by atoms with van der Waals surface area (Å²) < 4.78 is 1.02. The van der Waals surface area contributed by atoms with Crippen molar-refractivity contribution in [2.75, 3.05) is 0 Å². The Bertz CT molecular complexity index is 449. The lowest BCUT2D eigenvalue weighted by Crippen LogP contribution is -2.25. The number of hydrogen-bond acceptors (Lipinski definition) is 5. The zero-order valence-electron chi connectivity index (χ0n) is 8.86. The van der Waals surface area contributed by atoms with E-state index in [1.807, 2.05) is 0 Å². The van der Waals surface area contributed by atoms with Crippen molar-refractivity contribution >= 4 is 17.6 Å². The van der Waals surface area contributed by atoms with Crippen molar-refractivity contribution in [3.63, 3.8) is 0 Å². The van der Waals surface area contributed by atoms with E-state index in [1.54, 1.807) is 0 Å². The van der Waals surface area contributed by atoms with Gasteiger partial charge in [0, 0.05) is 0 Å². The van der Waals surface area contributed by atoms with E-state index in [1.165, 1.54) is 6.92 Å². The first-order valence-electron chi connectivity index (χ1n) is 4.57. The number of primary amides is 1. The molecular weight excluding hydrogens is 232 g/mol. The van der Waals surface area contributed by atoms with Gasteiger partial charge in [0.2, 0.25) is 11.6 Å². The summed E-state index contributed by atoms with van der Waals surface area (Å²) in [7, 11) is 0. The summed E-state index contributed by atoms with van der Waals surface area (Å²) >= 11 is 0. The molecule has 0 spiro atoms. The van der Waals surface area contributed by atoms with Gasteiger partial charge in [-0.1, -0.05) is 6.92 Å². The number of hydrogen-bond donors (Lipinski definition) is 2. The summed E-state index contributed by atoms with van der Waals surface area (Å²) in [4.78, 5) is 31.2. The lowest BCUT2D eigenvalue weighted by atomic mass is 10.2. The monoisotopic (exact) mass is 242 g/mol. The van der Waals surface area contributed by atoms with Crippen molar-refractivity contribution in [1.82, 2.24) is 9.78 Å². The Morgan fingerprint density at radius 3 is 2.65 bits per heavy atom. The van der Waals surface area contributed by atoms with Gasteiger partial charge in [-0.15, -0.1) is 0 Å². The minimum Gasteiger partial charge on any atom is -0.476 e. The third-order valence-corrected chi connectivity index (χ3v) is 2.09. The van der Waals surface area contributed by atoms with E-state index in [0.717, 1.165) is 10.9 Å². The highest BCUT2D eigenvalue weighted by molar-refractivity contribution is 5.89. The number of nitrogens with two attached hydrogens (primary N) is 1. The van der Waals surface area contributed by atoms with Gasteiger partial charge in [-0.3, -0.25) is 19.6 Å². The molecular formula is C8H10N4O5. The summed E-state index contributed by atoms with van der Waals surface area (Å²) in [5.41, 5.74) is 3.74. The van der Waals surface area contributed by atoms with Gasteiger partial charge in [-0.25, -0.2) is 4.79 Å². The van der Waals surface area contributed by atoms with Crippen LogP contribution in [0.15, 0.2) is 6.20 Å². The van der Waals surface area contributed by atoms with Gasteiger partial charge in [0.1, 0.15) is 6.20 Å². The van der Waals surface area contributed by atoms with Gasteiger partial charge in [-0.05, 0) is 0 Å². The van der Waals surface area contributed by atoms with Crippen molar-refractivity contribution in [1.29, 1.82) is 0 Å². The maximum atomic E-state index is 10.8. The van der Waals surface area contributed by atoms with Gasteiger partial charge in [0.15, 0.2) is 0 Å². The van der Waals surface area contributed by atoms with Crippen LogP contribution < -0.4 is 5.73 Å². The van der Waals surface area contributed by atoms with Crippen molar-refractivity contribution in [2.45, 2.75) is 13.5 Å². The number of carbonyl (C=O) groups is 2. The molecule has 0 aliphatic heterocycles. The molecule has 0 fully saturated rings. The molecule has 1 unspecified atom stereocenters. The van der Waals surface area contributed by atoms with Gasteiger partial charge >= 0.3 is 11.7 Å². The number of aromatic carboxylic acids is 1. The number of carboxylic acid groups (broad SMARTS) is 1. The number of carbonyl (C=O) groups excluding carboxylic acids is 1. The first-order valence-corrected chi connectivity index (χ1v) is 4.57. The Morgan fingerprint density at radius 2 is 2.29 bits per heavy atom. The third kappa shape index (κ3) is 2.77. The molecule has 1 aromatic heterocycles. The number of carboxylic acids is 1. The van der Waals surface area contributed by atoms with Gasteiger partial charge in [-0.2, -0.15) is 5.10 Å². The second-order valence-corrected chi connectivity index (χ2v) is 3.45. The van der Waals surface area contributed by atoms with E-state index in [2.05, 4.69) is 5.10 Å². The van der Waals surface area contributed by atoms with Crippen molar-refractivity contribution in [3.05, 3.63) is 22.0 Å². The van der Waals surface area contributed by atoms with Crippen LogP contribution in [0.25, 0.3) is 0 Å². The molecule has 1 aromatic rings. The molecule has 1 atom stereocenters. The zero-order valence-corrected chi connectivity index (χ0v) is 8.86. The second kappa shape index (κ2) is 4.60. The molecule has 9 nitrogen and oxygen atoms in total. The number of amides is 1. The van der Waals surface area contributed by atoms with Crippen LogP contribution in [0.4, 0.5) is 5.69 Å². The third-order valence-electron chi connectivity index (χ3n) is 2.09. The molecule has 0 saturated carbocycles. The van der Waals surface area contributed by atoms with Crippen LogP contribution in [-0.4, -0.2) is 31.7 Å². The summed E-state index contributed by atoms with van der Waals surface area (Å²) in [6, 6.07) is 0. The number of nitrogens with zero attached hydrogens (tertiary/aromatic N) is 3. The van der Waals surface area contributed by atoms with E-state index in [0.29, 0.717) is 0 Å². The van der Waals surface area contributed by atoms with Gasteiger partial charge in [0.25, 0.3) is 0 Å². The predicted octanol–water partition coefficient (Wildman–Crippen LogP) is -0.389. The van der Waals surface area contributed by atoms with Crippen molar-refractivity contribution < 1.29 is 19.6 Å². The Labute approximate surface area is 95.0 Å². The fourth-order valence-electron chi connectivity index (χ4n) is 1.16. The quantitative estimate of drug-likeness (QED) is 0.532. The van der Waals surface area contributed by atoms with Crippen LogP contribution in [0.5, 0.6) is 0 Å².